The number of benzene rings is 1. The molecule has 0 aliphatic carbocycles. The number of hydrogen-bond acceptors (Lipinski definition) is 2. The minimum atomic E-state index is 0.0171. The van der Waals surface area contributed by atoms with Crippen LogP contribution < -0.4 is 5.32 Å². The van der Waals surface area contributed by atoms with Crippen molar-refractivity contribution >= 4 is 11.3 Å². The van der Waals surface area contributed by atoms with Crippen molar-refractivity contribution in [3.05, 3.63) is 58.3 Å². The van der Waals surface area contributed by atoms with Gasteiger partial charge in [0, 0.05) is 12.1 Å². The summed E-state index contributed by atoms with van der Waals surface area (Å²) in [5, 5.41) is 7.89. The van der Waals surface area contributed by atoms with Gasteiger partial charge in [-0.1, -0.05) is 30.3 Å². The Morgan fingerprint density at radius 1 is 1.12 bits per heavy atom. The molecule has 0 fully saturated rings. The van der Waals surface area contributed by atoms with E-state index in [0.29, 0.717) is 0 Å². The molecule has 0 aliphatic rings. The SMILES string of the molecule is CC(C)(NCc1ccsc1)c1ccccc1. The van der Waals surface area contributed by atoms with Gasteiger partial charge < -0.3 is 5.32 Å². The van der Waals surface area contributed by atoms with E-state index in [1.165, 1.54) is 11.1 Å². The highest BCUT2D eigenvalue weighted by Gasteiger charge is 2.18. The first-order valence-corrected chi connectivity index (χ1v) is 6.44. The van der Waals surface area contributed by atoms with Gasteiger partial charge in [-0.25, -0.2) is 0 Å². The topological polar surface area (TPSA) is 12.0 Å². The standard InChI is InChI=1S/C14H17NS/c1-14(2,13-6-4-3-5-7-13)15-10-12-8-9-16-11-12/h3-9,11,15H,10H2,1-2H3. The largest absolute Gasteiger partial charge is 0.304 e. The van der Waals surface area contributed by atoms with Crippen molar-refractivity contribution in [1.29, 1.82) is 0 Å². The second kappa shape index (κ2) is 4.81. The molecule has 1 N–H and O–H groups in total. The third-order valence-electron chi connectivity index (χ3n) is 2.81. The molecule has 1 heterocycles. The Balaban J connectivity index is 2.03. The fourth-order valence-electron chi connectivity index (χ4n) is 1.67. The molecule has 2 rings (SSSR count). The zero-order valence-electron chi connectivity index (χ0n) is 9.73. The van der Waals surface area contributed by atoms with Crippen molar-refractivity contribution in [3.63, 3.8) is 0 Å². The summed E-state index contributed by atoms with van der Waals surface area (Å²) in [7, 11) is 0. The molecule has 0 radical (unpaired) electrons. The predicted octanol–water partition coefficient (Wildman–Crippen LogP) is 3.77. The van der Waals surface area contributed by atoms with Gasteiger partial charge in [0.2, 0.25) is 0 Å². The second-order valence-electron chi connectivity index (χ2n) is 4.48. The summed E-state index contributed by atoms with van der Waals surface area (Å²) < 4.78 is 0. The van der Waals surface area contributed by atoms with Crippen LogP contribution in [0, 0.1) is 0 Å². The summed E-state index contributed by atoms with van der Waals surface area (Å²) in [6.07, 6.45) is 0. The van der Waals surface area contributed by atoms with Gasteiger partial charge in [-0.15, -0.1) is 0 Å². The molecule has 0 amide bonds. The Labute approximate surface area is 101 Å². The van der Waals surface area contributed by atoms with Gasteiger partial charge in [-0.05, 0) is 41.8 Å². The molecular formula is C14H17NS. The van der Waals surface area contributed by atoms with Gasteiger partial charge in [-0.3, -0.25) is 0 Å². The van der Waals surface area contributed by atoms with E-state index in [1.807, 2.05) is 0 Å². The van der Waals surface area contributed by atoms with Crippen molar-refractivity contribution in [2.24, 2.45) is 0 Å². The molecule has 0 atom stereocenters. The van der Waals surface area contributed by atoms with E-state index < -0.39 is 0 Å². The number of rotatable bonds is 4. The molecule has 1 aromatic heterocycles. The van der Waals surface area contributed by atoms with E-state index in [-0.39, 0.29) is 5.54 Å². The van der Waals surface area contributed by atoms with Crippen LogP contribution in [-0.2, 0) is 12.1 Å². The molecule has 16 heavy (non-hydrogen) atoms. The molecule has 2 aromatic rings. The quantitative estimate of drug-likeness (QED) is 0.844. The molecule has 0 spiro atoms. The summed E-state index contributed by atoms with van der Waals surface area (Å²) in [4.78, 5) is 0. The smallest absolute Gasteiger partial charge is 0.0380 e. The lowest BCUT2D eigenvalue weighted by molar-refractivity contribution is 0.401. The number of hydrogen-bond donors (Lipinski definition) is 1. The summed E-state index contributed by atoms with van der Waals surface area (Å²) in [5.74, 6) is 0. The van der Waals surface area contributed by atoms with E-state index in [1.54, 1.807) is 11.3 Å². The van der Waals surface area contributed by atoms with Crippen molar-refractivity contribution in [2.75, 3.05) is 0 Å². The van der Waals surface area contributed by atoms with Crippen molar-refractivity contribution in [3.8, 4) is 0 Å². The van der Waals surface area contributed by atoms with E-state index in [4.69, 9.17) is 0 Å². The Hall–Kier alpha value is -1.12. The predicted molar refractivity (Wildman–Crippen MR) is 70.6 cm³/mol. The molecule has 84 valence electrons. The lowest BCUT2D eigenvalue weighted by Gasteiger charge is -2.27. The van der Waals surface area contributed by atoms with Crippen LogP contribution in [0.25, 0.3) is 0 Å². The fourth-order valence-corrected chi connectivity index (χ4v) is 2.34. The minimum absolute atomic E-state index is 0.0171. The molecule has 1 nitrogen and oxygen atoms in total. The van der Waals surface area contributed by atoms with Gasteiger partial charge >= 0.3 is 0 Å². The van der Waals surface area contributed by atoms with Crippen molar-refractivity contribution < 1.29 is 0 Å². The van der Waals surface area contributed by atoms with E-state index in [9.17, 15) is 0 Å². The highest BCUT2D eigenvalue weighted by molar-refractivity contribution is 7.07. The van der Waals surface area contributed by atoms with Crippen LogP contribution in [0.4, 0.5) is 0 Å². The highest BCUT2D eigenvalue weighted by Crippen LogP contribution is 2.20. The Bertz CT molecular complexity index is 417. The van der Waals surface area contributed by atoms with Gasteiger partial charge in [0.1, 0.15) is 0 Å². The summed E-state index contributed by atoms with van der Waals surface area (Å²) in [6.45, 7) is 5.36. The Morgan fingerprint density at radius 3 is 2.50 bits per heavy atom. The number of thiophene rings is 1. The first-order chi connectivity index (χ1) is 7.68. The number of nitrogens with one attached hydrogen (secondary N) is 1. The Morgan fingerprint density at radius 2 is 1.88 bits per heavy atom. The van der Waals surface area contributed by atoms with Crippen LogP contribution in [0.1, 0.15) is 25.0 Å². The summed E-state index contributed by atoms with van der Waals surface area (Å²) in [5.41, 5.74) is 2.70. The Kier molecular flexibility index (Phi) is 3.42. The molecule has 2 heteroatoms. The van der Waals surface area contributed by atoms with E-state index >= 15 is 0 Å². The zero-order chi connectivity index (χ0) is 11.4. The minimum Gasteiger partial charge on any atom is -0.304 e. The van der Waals surface area contributed by atoms with E-state index in [0.717, 1.165) is 6.54 Å². The summed E-state index contributed by atoms with van der Waals surface area (Å²) in [6, 6.07) is 12.7. The van der Waals surface area contributed by atoms with Crippen molar-refractivity contribution in [1.82, 2.24) is 5.32 Å². The molecule has 0 aliphatic heterocycles. The molecule has 0 saturated carbocycles. The normalized spacial score (nSPS) is 11.6. The maximum Gasteiger partial charge on any atom is 0.0380 e. The first-order valence-electron chi connectivity index (χ1n) is 5.50. The van der Waals surface area contributed by atoms with Crippen molar-refractivity contribution in [2.45, 2.75) is 25.9 Å². The van der Waals surface area contributed by atoms with Crippen LogP contribution in [0.3, 0.4) is 0 Å². The van der Waals surface area contributed by atoms with E-state index in [2.05, 4.69) is 66.3 Å². The van der Waals surface area contributed by atoms with Crippen LogP contribution in [0.2, 0.25) is 0 Å². The van der Waals surface area contributed by atoms with Crippen LogP contribution in [0.5, 0.6) is 0 Å². The van der Waals surface area contributed by atoms with Crippen LogP contribution in [0.15, 0.2) is 47.2 Å². The zero-order valence-corrected chi connectivity index (χ0v) is 10.6. The molecule has 0 saturated heterocycles. The van der Waals surface area contributed by atoms with Crippen LogP contribution in [-0.4, -0.2) is 0 Å². The molecular weight excluding hydrogens is 214 g/mol. The monoisotopic (exact) mass is 231 g/mol. The first kappa shape index (κ1) is 11.4. The lowest BCUT2D eigenvalue weighted by atomic mass is 9.94. The lowest BCUT2D eigenvalue weighted by Crippen LogP contribution is -2.35. The third kappa shape index (κ3) is 2.71. The van der Waals surface area contributed by atoms with Gasteiger partial charge in [0.25, 0.3) is 0 Å². The molecule has 1 aromatic carbocycles. The second-order valence-corrected chi connectivity index (χ2v) is 5.26. The maximum absolute atomic E-state index is 3.58. The molecule has 0 bridgehead atoms. The average Bonchev–Trinajstić information content (AvgIpc) is 2.81. The van der Waals surface area contributed by atoms with Gasteiger partial charge in [0.05, 0.1) is 0 Å². The highest BCUT2D eigenvalue weighted by atomic mass is 32.1. The fraction of sp³-hybridized carbons (Fsp3) is 0.286. The van der Waals surface area contributed by atoms with Gasteiger partial charge in [-0.2, -0.15) is 11.3 Å². The third-order valence-corrected chi connectivity index (χ3v) is 3.54. The summed E-state index contributed by atoms with van der Waals surface area (Å²) >= 11 is 1.75. The van der Waals surface area contributed by atoms with Gasteiger partial charge in [0.15, 0.2) is 0 Å². The maximum atomic E-state index is 3.58. The molecule has 0 unspecified atom stereocenters. The average molecular weight is 231 g/mol. The van der Waals surface area contributed by atoms with Crippen LogP contribution >= 0.6 is 11.3 Å².